The van der Waals surface area contributed by atoms with Gasteiger partial charge in [0.25, 0.3) is 5.56 Å². The first-order valence-electron chi connectivity index (χ1n) is 3.74. The molecule has 5 heteroatoms. The van der Waals surface area contributed by atoms with Gasteiger partial charge >= 0.3 is 0 Å². The third-order valence-corrected chi connectivity index (χ3v) is 1.52. The van der Waals surface area contributed by atoms with Crippen LogP contribution in [0.4, 0.5) is 0 Å². The molecule has 2 aromatic heterocycles. The van der Waals surface area contributed by atoms with Crippen LogP contribution in [0.25, 0.3) is 11.6 Å². The van der Waals surface area contributed by atoms with Crippen LogP contribution in [-0.4, -0.2) is 15.2 Å². The van der Waals surface area contributed by atoms with E-state index in [9.17, 15) is 4.79 Å². The van der Waals surface area contributed by atoms with Gasteiger partial charge in [0.15, 0.2) is 0 Å². The number of hydrogen-bond acceptors (Lipinski definition) is 4. The van der Waals surface area contributed by atoms with Gasteiger partial charge in [-0.05, 0) is 13.0 Å². The van der Waals surface area contributed by atoms with Gasteiger partial charge in [0.2, 0.25) is 5.89 Å². The fourth-order valence-corrected chi connectivity index (χ4v) is 0.937. The Bertz CT molecular complexity index is 452. The maximum Gasteiger partial charge on any atom is 0.264 e. The van der Waals surface area contributed by atoms with Gasteiger partial charge in [0, 0.05) is 6.07 Å². The average molecular weight is 177 g/mol. The molecular formula is C8H7N3O2. The van der Waals surface area contributed by atoms with E-state index in [1.165, 1.54) is 6.07 Å². The van der Waals surface area contributed by atoms with Crippen LogP contribution in [0, 0.1) is 6.92 Å². The molecule has 0 fully saturated rings. The molecule has 0 unspecified atom stereocenters. The van der Waals surface area contributed by atoms with Crippen LogP contribution in [0.2, 0.25) is 0 Å². The molecule has 5 nitrogen and oxygen atoms in total. The van der Waals surface area contributed by atoms with Crippen molar-refractivity contribution in [3.05, 3.63) is 34.4 Å². The summed E-state index contributed by atoms with van der Waals surface area (Å²) in [4.78, 5) is 14.7. The zero-order chi connectivity index (χ0) is 9.26. The Morgan fingerprint density at radius 3 is 2.85 bits per heavy atom. The Kier molecular flexibility index (Phi) is 1.70. The van der Waals surface area contributed by atoms with E-state index >= 15 is 0 Å². The van der Waals surface area contributed by atoms with Gasteiger partial charge in [0.05, 0.1) is 6.20 Å². The normalized spacial score (nSPS) is 10.2. The molecule has 0 aliphatic heterocycles. The molecule has 2 heterocycles. The molecule has 0 radical (unpaired) electrons. The Hall–Kier alpha value is -1.91. The third-order valence-electron chi connectivity index (χ3n) is 1.52. The van der Waals surface area contributed by atoms with Crippen molar-refractivity contribution < 1.29 is 4.42 Å². The first-order valence-corrected chi connectivity index (χ1v) is 3.74. The summed E-state index contributed by atoms with van der Waals surface area (Å²) in [5.41, 5.74) is 0.278. The van der Waals surface area contributed by atoms with E-state index in [0.29, 0.717) is 17.3 Å². The smallest absolute Gasteiger partial charge is 0.264 e. The second kappa shape index (κ2) is 2.85. The molecular weight excluding hydrogens is 170 g/mol. The Morgan fingerprint density at radius 2 is 2.31 bits per heavy atom. The number of rotatable bonds is 1. The van der Waals surface area contributed by atoms with E-state index in [2.05, 4.69) is 15.2 Å². The van der Waals surface area contributed by atoms with Crippen molar-refractivity contribution in [2.45, 2.75) is 6.92 Å². The highest BCUT2D eigenvalue weighted by Gasteiger charge is 2.04. The van der Waals surface area contributed by atoms with E-state index in [-0.39, 0.29) is 5.56 Å². The van der Waals surface area contributed by atoms with Crippen LogP contribution < -0.4 is 5.56 Å². The molecule has 66 valence electrons. The summed E-state index contributed by atoms with van der Waals surface area (Å²) < 4.78 is 5.21. The van der Waals surface area contributed by atoms with E-state index < -0.39 is 0 Å². The zero-order valence-corrected chi connectivity index (χ0v) is 6.94. The number of aromatic nitrogens is 3. The molecule has 2 aromatic rings. The van der Waals surface area contributed by atoms with Crippen molar-refractivity contribution in [1.29, 1.82) is 0 Å². The standard InChI is InChI=1S/C8H7N3O2/c1-5-4-9-8(13-5)6-2-3-7(12)11-10-6/h2-4H,1H3,(H,11,12). The molecule has 1 N–H and O–H groups in total. The lowest BCUT2D eigenvalue weighted by Gasteiger charge is -1.90. The SMILES string of the molecule is Cc1cnc(-c2ccc(=O)[nH]n2)o1. The molecule has 0 aliphatic rings. The summed E-state index contributed by atoms with van der Waals surface area (Å²) in [6, 6.07) is 2.94. The second-order valence-corrected chi connectivity index (χ2v) is 2.58. The molecule has 0 amide bonds. The lowest BCUT2D eigenvalue weighted by Crippen LogP contribution is -2.05. The van der Waals surface area contributed by atoms with Crippen LogP contribution in [0.3, 0.4) is 0 Å². The van der Waals surface area contributed by atoms with Crippen molar-refractivity contribution in [2.75, 3.05) is 0 Å². The lowest BCUT2D eigenvalue weighted by molar-refractivity contribution is 0.539. The lowest BCUT2D eigenvalue weighted by atomic mass is 10.4. The number of nitrogens with one attached hydrogen (secondary N) is 1. The predicted molar refractivity (Wildman–Crippen MR) is 45.1 cm³/mol. The first kappa shape index (κ1) is 7.72. The summed E-state index contributed by atoms with van der Waals surface area (Å²) in [6.07, 6.45) is 1.60. The molecule has 2 rings (SSSR count). The molecule has 0 aliphatic carbocycles. The minimum atomic E-state index is -0.243. The van der Waals surface area contributed by atoms with Crippen molar-refractivity contribution in [2.24, 2.45) is 0 Å². The molecule has 0 aromatic carbocycles. The maximum atomic E-state index is 10.7. The summed E-state index contributed by atoms with van der Waals surface area (Å²) >= 11 is 0. The number of nitrogens with zero attached hydrogens (tertiary/aromatic N) is 2. The van der Waals surface area contributed by atoms with Gasteiger partial charge in [-0.3, -0.25) is 4.79 Å². The van der Waals surface area contributed by atoms with Crippen LogP contribution in [0.1, 0.15) is 5.76 Å². The summed E-state index contributed by atoms with van der Waals surface area (Å²) in [5, 5.41) is 6.07. The maximum absolute atomic E-state index is 10.7. The van der Waals surface area contributed by atoms with Gasteiger partial charge in [-0.25, -0.2) is 10.1 Å². The zero-order valence-electron chi connectivity index (χ0n) is 6.94. The van der Waals surface area contributed by atoms with E-state index in [1.54, 1.807) is 19.2 Å². The van der Waals surface area contributed by atoms with E-state index in [1.807, 2.05) is 0 Å². The molecule has 0 spiro atoms. The number of aromatic amines is 1. The Balaban J connectivity index is 2.47. The number of H-pyrrole nitrogens is 1. The molecule has 0 atom stereocenters. The first-order chi connectivity index (χ1) is 6.25. The topological polar surface area (TPSA) is 71.8 Å². The summed E-state index contributed by atoms with van der Waals surface area (Å²) in [5.74, 6) is 1.12. The highest BCUT2D eigenvalue weighted by molar-refractivity contribution is 5.44. The molecule has 0 saturated carbocycles. The van der Waals surface area contributed by atoms with E-state index in [4.69, 9.17) is 4.42 Å². The molecule has 0 bridgehead atoms. The van der Waals surface area contributed by atoms with Crippen molar-refractivity contribution in [3.63, 3.8) is 0 Å². The highest BCUT2D eigenvalue weighted by atomic mass is 16.4. The van der Waals surface area contributed by atoms with Crippen molar-refractivity contribution in [1.82, 2.24) is 15.2 Å². The summed E-state index contributed by atoms with van der Waals surface area (Å²) in [7, 11) is 0. The van der Waals surface area contributed by atoms with E-state index in [0.717, 1.165) is 0 Å². The number of oxazole rings is 1. The van der Waals surface area contributed by atoms with Crippen LogP contribution in [-0.2, 0) is 0 Å². The van der Waals surface area contributed by atoms with Gasteiger partial charge in [0.1, 0.15) is 11.5 Å². The fourth-order valence-electron chi connectivity index (χ4n) is 0.937. The fraction of sp³-hybridized carbons (Fsp3) is 0.125. The predicted octanol–water partition coefficient (Wildman–Crippen LogP) is 0.733. The largest absolute Gasteiger partial charge is 0.440 e. The van der Waals surface area contributed by atoms with Crippen LogP contribution >= 0.6 is 0 Å². The minimum Gasteiger partial charge on any atom is -0.440 e. The van der Waals surface area contributed by atoms with Crippen molar-refractivity contribution in [3.8, 4) is 11.6 Å². The van der Waals surface area contributed by atoms with Gasteiger partial charge in [-0.1, -0.05) is 0 Å². The summed E-state index contributed by atoms with van der Waals surface area (Å²) in [6.45, 7) is 1.79. The monoisotopic (exact) mass is 177 g/mol. The van der Waals surface area contributed by atoms with Crippen LogP contribution in [0.15, 0.2) is 27.5 Å². The average Bonchev–Trinajstić information content (AvgIpc) is 2.53. The Morgan fingerprint density at radius 1 is 1.46 bits per heavy atom. The number of hydrogen-bond donors (Lipinski definition) is 1. The highest BCUT2D eigenvalue weighted by Crippen LogP contribution is 2.13. The van der Waals surface area contributed by atoms with Crippen molar-refractivity contribution >= 4 is 0 Å². The van der Waals surface area contributed by atoms with Crippen LogP contribution in [0.5, 0.6) is 0 Å². The quantitative estimate of drug-likeness (QED) is 0.697. The Labute approximate surface area is 73.4 Å². The molecule has 13 heavy (non-hydrogen) atoms. The van der Waals surface area contributed by atoms with Gasteiger partial charge in [-0.15, -0.1) is 0 Å². The minimum absolute atomic E-state index is 0.243. The second-order valence-electron chi connectivity index (χ2n) is 2.58. The molecule has 0 saturated heterocycles. The van der Waals surface area contributed by atoms with Gasteiger partial charge < -0.3 is 4.42 Å². The third kappa shape index (κ3) is 1.48. The number of aryl methyl sites for hydroxylation is 1. The van der Waals surface area contributed by atoms with Gasteiger partial charge in [-0.2, -0.15) is 5.10 Å².